The van der Waals surface area contributed by atoms with Crippen molar-refractivity contribution >= 4 is 50.7 Å². The number of thiazole rings is 1. The standard InChI is InChI=1S/C16H17F2N3OS3/c1-3-21(4-2)16(23)25-9-14(22)20-15-19-13(8-24-15)11-7-10(17)5-6-12(11)18/h5-8H,3-4,9H2,1-2H3,(H,19,20,22). The summed E-state index contributed by atoms with van der Waals surface area (Å²) in [6.45, 7) is 5.58. The van der Waals surface area contributed by atoms with E-state index in [1.807, 2.05) is 18.7 Å². The molecule has 2 aromatic rings. The number of thioether (sulfide) groups is 1. The average Bonchev–Trinajstić information content (AvgIpc) is 3.04. The third-order valence-corrected chi connectivity index (χ3v) is 5.58. The molecule has 0 saturated carbocycles. The van der Waals surface area contributed by atoms with Crippen molar-refractivity contribution in [2.45, 2.75) is 13.8 Å². The molecule has 25 heavy (non-hydrogen) atoms. The highest BCUT2D eigenvalue weighted by atomic mass is 32.2. The van der Waals surface area contributed by atoms with Gasteiger partial charge in [-0.3, -0.25) is 4.79 Å². The molecule has 0 unspecified atom stereocenters. The van der Waals surface area contributed by atoms with Gasteiger partial charge in [0.1, 0.15) is 16.0 Å². The van der Waals surface area contributed by atoms with Crippen LogP contribution in [0, 0.1) is 11.6 Å². The van der Waals surface area contributed by atoms with Gasteiger partial charge in [0.05, 0.1) is 11.4 Å². The van der Waals surface area contributed by atoms with E-state index in [0.717, 1.165) is 42.6 Å². The molecule has 4 nitrogen and oxygen atoms in total. The quantitative estimate of drug-likeness (QED) is 0.728. The molecule has 0 aliphatic heterocycles. The molecule has 0 spiro atoms. The van der Waals surface area contributed by atoms with Crippen LogP contribution < -0.4 is 5.32 Å². The van der Waals surface area contributed by atoms with E-state index in [4.69, 9.17) is 12.2 Å². The maximum atomic E-state index is 13.8. The van der Waals surface area contributed by atoms with Gasteiger partial charge in [-0.25, -0.2) is 13.8 Å². The predicted octanol–water partition coefficient (Wildman–Crippen LogP) is 4.39. The Balaban J connectivity index is 1.96. The van der Waals surface area contributed by atoms with Crippen molar-refractivity contribution in [1.29, 1.82) is 0 Å². The van der Waals surface area contributed by atoms with Gasteiger partial charge < -0.3 is 10.2 Å². The second kappa shape index (κ2) is 9.21. The highest BCUT2D eigenvalue weighted by Crippen LogP contribution is 2.27. The Kier molecular flexibility index (Phi) is 7.27. The molecule has 0 radical (unpaired) electrons. The van der Waals surface area contributed by atoms with E-state index in [-0.39, 0.29) is 22.9 Å². The Labute approximate surface area is 158 Å². The van der Waals surface area contributed by atoms with Gasteiger partial charge in [0.25, 0.3) is 0 Å². The zero-order valence-corrected chi connectivity index (χ0v) is 16.2. The van der Waals surface area contributed by atoms with Crippen molar-refractivity contribution in [2.75, 3.05) is 24.2 Å². The molecule has 0 fully saturated rings. The Morgan fingerprint density at radius 2 is 2.08 bits per heavy atom. The van der Waals surface area contributed by atoms with Crippen molar-refractivity contribution in [1.82, 2.24) is 9.88 Å². The van der Waals surface area contributed by atoms with Crippen LogP contribution >= 0.6 is 35.3 Å². The maximum Gasteiger partial charge on any atom is 0.236 e. The molecular formula is C16H17F2N3OS3. The molecule has 1 N–H and O–H groups in total. The van der Waals surface area contributed by atoms with Crippen LogP contribution in [-0.2, 0) is 4.79 Å². The van der Waals surface area contributed by atoms with Crippen molar-refractivity contribution in [2.24, 2.45) is 0 Å². The SMILES string of the molecule is CCN(CC)C(=S)SCC(=O)Nc1nc(-c2cc(F)ccc2F)cs1. The van der Waals surface area contributed by atoms with E-state index in [0.29, 0.717) is 9.45 Å². The normalized spacial score (nSPS) is 10.6. The number of nitrogens with one attached hydrogen (secondary N) is 1. The van der Waals surface area contributed by atoms with Gasteiger partial charge in [0, 0.05) is 24.0 Å². The fourth-order valence-electron chi connectivity index (χ4n) is 2.00. The Bertz CT molecular complexity index is 763. The van der Waals surface area contributed by atoms with Crippen molar-refractivity contribution in [3.05, 3.63) is 35.2 Å². The molecular weight excluding hydrogens is 384 g/mol. The maximum absolute atomic E-state index is 13.8. The molecule has 9 heteroatoms. The molecule has 1 heterocycles. The largest absolute Gasteiger partial charge is 0.358 e. The van der Waals surface area contributed by atoms with Gasteiger partial charge in [0.15, 0.2) is 5.13 Å². The first kappa shape index (κ1) is 19.7. The zero-order chi connectivity index (χ0) is 18.4. The number of thiocarbonyl (C=S) groups is 1. The van der Waals surface area contributed by atoms with Crippen LogP contribution in [0.5, 0.6) is 0 Å². The number of halogens is 2. The monoisotopic (exact) mass is 401 g/mol. The lowest BCUT2D eigenvalue weighted by atomic mass is 10.1. The van der Waals surface area contributed by atoms with E-state index in [2.05, 4.69) is 10.3 Å². The summed E-state index contributed by atoms with van der Waals surface area (Å²) in [7, 11) is 0. The van der Waals surface area contributed by atoms with Gasteiger partial charge in [-0.15, -0.1) is 11.3 Å². The molecule has 0 atom stereocenters. The fourth-order valence-corrected chi connectivity index (χ4v) is 3.93. The Morgan fingerprint density at radius 3 is 2.76 bits per heavy atom. The van der Waals surface area contributed by atoms with Crippen LogP contribution in [0.1, 0.15) is 13.8 Å². The minimum Gasteiger partial charge on any atom is -0.358 e. The lowest BCUT2D eigenvalue weighted by Crippen LogP contribution is -2.28. The van der Waals surface area contributed by atoms with Gasteiger partial charge in [-0.1, -0.05) is 24.0 Å². The van der Waals surface area contributed by atoms with E-state index < -0.39 is 11.6 Å². The van der Waals surface area contributed by atoms with E-state index in [1.165, 1.54) is 11.8 Å². The number of benzene rings is 1. The molecule has 2 rings (SSSR count). The molecule has 0 bridgehead atoms. The molecule has 0 aliphatic carbocycles. The minimum atomic E-state index is -0.565. The second-order valence-corrected chi connectivity index (χ2v) is 7.40. The average molecular weight is 402 g/mol. The summed E-state index contributed by atoms with van der Waals surface area (Å²) in [4.78, 5) is 18.1. The molecule has 1 amide bonds. The van der Waals surface area contributed by atoms with Gasteiger partial charge in [0.2, 0.25) is 5.91 Å². The number of hydrogen-bond acceptors (Lipinski definition) is 5. The molecule has 1 aromatic heterocycles. The molecule has 1 aromatic carbocycles. The second-order valence-electron chi connectivity index (χ2n) is 4.94. The van der Waals surface area contributed by atoms with Crippen LogP contribution in [0.15, 0.2) is 23.6 Å². The molecule has 0 saturated heterocycles. The lowest BCUT2D eigenvalue weighted by molar-refractivity contribution is -0.113. The topological polar surface area (TPSA) is 45.2 Å². The number of hydrogen-bond donors (Lipinski definition) is 1. The third kappa shape index (κ3) is 5.45. The highest BCUT2D eigenvalue weighted by Gasteiger charge is 2.13. The van der Waals surface area contributed by atoms with Crippen LogP contribution in [0.25, 0.3) is 11.3 Å². The number of amides is 1. The van der Waals surface area contributed by atoms with Crippen LogP contribution in [0.2, 0.25) is 0 Å². The Hall–Kier alpha value is -1.58. The van der Waals surface area contributed by atoms with Crippen LogP contribution in [0.4, 0.5) is 13.9 Å². The fraction of sp³-hybridized carbons (Fsp3) is 0.312. The number of nitrogens with zero attached hydrogens (tertiary/aromatic N) is 2. The first-order chi connectivity index (χ1) is 11.9. The highest BCUT2D eigenvalue weighted by molar-refractivity contribution is 8.23. The third-order valence-electron chi connectivity index (χ3n) is 3.30. The number of carbonyl (C=O) groups excluding carboxylic acids is 1. The number of rotatable bonds is 6. The van der Waals surface area contributed by atoms with E-state index in [9.17, 15) is 13.6 Å². The predicted molar refractivity (Wildman–Crippen MR) is 104 cm³/mol. The first-order valence-corrected chi connectivity index (χ1v) is 9.84. The Morgan fingerprint density at radius 1 is 1.36 bits per heavy atom. The summed E-state index contributed by atoms with van der Waals surface area (Å²) >= 11 is 7.70. The summed E-state index contributed by atoms with van der Waals surface area (Å²) in [5.41, 5.74) is 0.345. The van der Waals surface area contributed by atoms with Crippen molar-refractivity contribution in [3.63, 3.8) is 0 Å². The molecule has 134 valence electrons. The van der Waals surface area contributed by atoms with E-state index in [1.54, 1.807) is 5.38 Å². The summed E-state index contributed by atoms with van der Waals surface area (Å²) in [6.07, 6.45) is 0. The van der Waals surface area contributed by atoms with Crippen LogP contribution in [0.3, 0.4) is 0 Å². The summed E-state index contributed by atoms with van der Waals surface area (Å²) in [5, 5.41) is 4.55. The minimum absolute atomic E-state index is 0.0637. The van der Waals surface area contributed by atoms with E-state index >= 15 is 0 Å². The van der Waals surface area contributed by atoms with Crippen molar-refractivity contribution < 1.29 is 13.6 Å². The van der Waals surface area contributed by atoms with Gasteiger partial charge in [-0.2, -0.15) is 0 Å². The van der Waals surface area contributed by atoms with Gasteiger partial charge >= 0.3 is 0 Å². The smallest absolute Gasteiger partial charge is 0.236 e. The first-order valence-electron chi connectivity index (χ1n) is 7.57. The zero-order valence-electron chi connectivity index (χ0n) is 13.7. The molecule has 0 aliphatic rings. The number of aromatic nitrogens is 1. The lowest BCUT2D eigenvalue weighted by Gasteiger charge is -2.20. The summed E-state index contributed by atoms with van der Waals surface area (Å²) in [5.74, 6) is -1.19. The van der Waals surface area contributed by atoms with Gasteiger partial charge in [-0.05, 0) is 32.0 Å². The van der Waals surface area contributed by atoms with Crippen LogP contribution in [-0.4, -0.2) is 39.0 Å². The number of carbonyl (C=O) groups is 1. The summed E-state index contributed by atoms with van der Waals surface area (Å²) < 4.78 is 27.7. The number of anilines is 1. The summed E-state index contributed by atoms with van der Waals surface area (Å²) in [6, 6.07) is 3.17. The van der Waals surface area contributed by atoms with Crippen molar-refractivity contribution in [3.8, 4) is 11.3 Å².